The van der Waals surface area contributed by atoms with Crippen molar-refractivity contribution < 1.29 is 4.92 Å². The molecule has 2 heterocycles. The van der Waals surface area contributed by atoms with Crippen LogP contribution in [-0.2, 0) is 6.54 Å². The SMILES string of the molecule is O=[N+]([O-])c1cccc(CN2CCN(c3cnccn3)CC2)c1. The molecular formula is C15H17N5O2. The zero-order valence-corrected chi connectivity index (χ0v) is 12.1. The van der Waals surface area contributed by atoms with E-state index in [9.17, 15) is 10.1 Å². The molecule has 7 heteroatoms. The summed E-state index contributed by atoms with van der Waals surface area (Å²) in [7, 11) is 0. The van der Waals surface area contributed by atoms with Crippen LogP contribution in [0.2, 0.25) is 0 Å². The van der Waals surface area contributed by atoms with Gasteiger partial charge < -0.3 is 4.90 Å². The van der Waals surface area contributed by atoms with Crippen LogP contribution in [0.15, 0.2) is 42.9 Å². The molecule has 22 heavy (non-hydrogen) atoms. The van der Waals surface area contributed by atoms with Crippen LogP contribution in [0.4, 0.5) is 11.5 Å². The Kier molecular flexibility index (Phi) is 4.24. The molecule has 7 nitrogen and oxygen atoms in total. The molecule has 0 amide bonds. The van der Waals surface area contributed by atoms with E-state index < -0.39 is 0 Å². The van der Waals surface area contributed by atoms with Gasteiger partial charge in [0, 0.05) is 57.3 Å². The van der Waals surface area contributed by atoms with Crippen LogP contribution < -0.4 is 4.90 Å². The van der Waals surface area contributed by atoms with Crippen molar-refractivity contribution in [3.05, 3.63) is 58.5 Å². The van der Waals surface area contributed by atoms with Gasteiger partial charge in [-0.15, -0.1) is 0 Å². The molecule has 0 N–H and O–H groups in total. The van der Waals surface area contributed by atoms with Gasteiger partial charge in [0.2, 0.25) is 0 Å². The molecule has 1 aliphatic rings. The third kappa shape index (κ3) is 3.37. The van der Waals surface area contributed by atoms with Gasteiger partial charge in [-0.25, -0.2) is 4.98 Å². The lowest BCUT2D eigenvalue weighted by atomic mass is 10.1. The van der Waals surface area contributed by atoms with Crippen molar-refractivity contribution in [2.24, 2.45) is 0 Å². The van der Waals surface area contributed by atoms with Crippen LogP contribution in [0, 0.1) is 10.1 Å². The molecular weight excluding hydrogens is 282 g/mol. The number of non-ortho nitro benzene ring substituents is 1. The van der Waals surface area contributed by atoms with E-state index in [0.29, 0.717) is 0 Å². The molecule has 2 aromatic rings. The summed E-state index contributed by atoms with van der Waals surface area (Å²) in [6.45, 7) is 4.30. The van der Waals surface area contributed by atoms with E-state index in [-0.39, 0.29) is 10.6 Å². The molecule has 1 aliphatic heterocycles. The molecule has 0 bridgehead atoms. The largest absolute Gasteiger partial charge is 0.353 e. The van der Waals surface area contributed by atoms with Gasteiger partial charge in [-0.2, -0.15) is 0 Å². The van der Waals surface area contributed by atoms with Crippen molar-refractivity contribution in [2.75, 3.05) is 31.1 Å². The summed E-state index contributed by atoms with van der Waals surface area (Å²) in [5.74, 6) is 0.900. The third-order valence-electron chi connectivity index (χ3n) is 3.77. The Labute approximate surface area is 128 Å². The lowest BCUT2D eigenvalue weighted by molar-refractivity contribution is -0.384. The lowest BCUT2D eigenvalue weighted by Crippen LogP contribution is -2.46. The van der Waals surface area contributed by atoms with E-state index in [1.165, 1.54) is 6.07 Å². The Morgan fingerprint density at radius 3 is 2.68 bits per heavy atom. The van der Waals surface area contributed by atoms with Crippen LogP contribution >= 0.6 is 0 Å². The maximum absolute atomic E-state index is 10.8. The van der Waals surface area contributed by atoms with Crippen LogP contribution in [0.1, 0.15) is 5.56 Å². The van der Waals surface area contributed by atoms with Crippen molar-refractivity contribution in [3.8, 4) is 0 Å². The van der Waals surface area contributed by atoms with Gasteiger partial charge in [-0.05, 0) is 5.56 Å². The minimum atomic E-state index is -0.352. The highest BCUT2D eigenvalue weighted by molar-refractivity contribution is 5.36. The average Bonchev–Trinajstić information content (AvgIpc) is 2.56. The van der Waals surface area contributed by atoms with Crippen molar-refractivity contribution >= 4 is 11.5 Å². The fraction of sp³-hybridized carbons (Fsp3) is 0.333. The summed E-state index contributed by atoms with van der Waals surface area (Å²) in [5.41, 5.74) is 1.12. The monoisotopic (exact) mass is 299 g/mol. The number of benzene rings is 1. The van der Waals surface area contributed by atoms with Gasteiger partial charge in [0.1, 0.15) is 5.82 Å². The molecule has 0 radical (unpaired) electrons. The van der Waals surface area contributed by atoms with Crippen molar-refractivity contribution in [1.82, 2.24) is 14.9 Å². The molecule has 0 atom stereocenters. The number of nitro benzene ring substituents is 1. The number of nitro groups is 1. The number of rotatable bonds is 4. The third-order valence-corrected chi connectivity index (χ3v) is 3.77. The highest BCUT2D eigenvalue weighted by atomic mass is 16.6. The second-order valence-corrected chi connectivity index (χ2v) is 5.25. The summed E-state index contributed by atoms with van der Waals surface area (Å²) in [4.78, 5) is 23.4. The maximum Gasteiger partial charge on any atom is 0.269 e. The van der Waals surface area contributed by atoms with E-state index >= 15 is 0 Å². The summed E-state index contributed by atoms with van der Waals surface area (Å²) in [6, 6.07) is 6.84. The molecule has 1 aromatic carbocycles. The summed E-state index contributed by atoms with van der Waals surface area (Å²) in [6.07, 6.45) is 5.14. The first-order chi connectivity index (χ1) is 10.7. The Morgan fingerprint density at radius 2 is 2.00 bits per heavy atom. The molecule has 1 saturated heterocycles. The topological polar surface area (TPSA) is 75.4 Å². The van der Waals surface area contributed by atoms with E-state index in [1.54, 1.807) is 30.7 Å². The number of nitrogens with zero attached hydrogens (tertiary/aromatic N) is 5. The molecule has 1 fully saturated rings. The van der Waals surface area contributed by atoms with Crippen LogP contribution in [-0.4, -0.2) is 46.0 Å². The smallest absolute Gasteiger partial charge is 0.269 e. The molecule has 3 rings (SSSR count). The average molecular weight is 299 g/mol. The fourth-order valence-corrected chi connectivity index (χ4v) is 2.62. The van der Waals surface area contributed by atoms with Gasteiger partial charge in [0.05, 0.1) is 11.1 Å². The van der Waals surface area contributed by atoms with Gasteiger partial charge in [-0.1, -0.05) is 12.1 Å². The van der Waals surface area contributed by atoms with Gasteiger partial charge in [0.25, 0.3) is 5.69 Å². The number of hydrogen-bond acceptors (Lipinski definition) is 6. The molecule has 0 unspecified atom stereocenters. The second-order valence-electron chi connectivity index (χ2n) is 5.25. The van der Waals surface area contributed by atoms with Gasteiger partial charge >= 0.3 is 0 Å². The number of piperazine rings is 1. The van der Waals surface area contributed by atoms with Crippen molar-refractivity contribution in [3.63, 3.8) is 0 Å². The van der Waals surface area contributed by atoms with E-state index in [4.69, 9.17) is 0 Å². The summed E-state index contributed by atoms with van der Waals surface area (Å²) >= 11 is 0. The first-order valence-electron chi connectivity index (χ1n) is 7.19. The molecule has 0 saturated carbocycles. The summed E-state index contributed by atoms with van der Waals surface area (Å²) in [5, 5.41) is 10.8. The van der Waals surface area contributed by atoms with Crippen molar-refractivity contribution in [2.45, 2.75) is 6.54 Å². The highest BCUT2D eigenvalue weighted by Gasteiger charge is 2.18. The number of anilines is 1. The second kappa shape index (κ2) is 6.48. The minimum absolute atomic E-state index is 0.149. The zero-order chi connectivity index (χ0) is 15.4. The van der Waals surface area contributed by atoms with E-state index in [0.717, 1.165) is 44.1 Å². The number of hydrogen-bond donors (Lipinski definition) is 0. The predicted molar refractivity (Wildman–Crippen MR) is 82.6 cm³/mol. The number of aromatic nitrogens is 2. The van der Waals surface area contributed by atoms with Crippen LogP contribution in [0.5, 0.6) is 0 Å². The zero-order valence-electron chi connectivity index (χ0n) is 12.1. The molecule has 114 valence electrons. The Bertz CT molecular complexity index is 641. The quantitative estimate of drug-likeness (QED) is 0.632. The fourth-order valence-electron chi connectivity index (χ4n) is 2.62. The highest BCUT2D eigenvalue weighted by Crippen LogP contribution is 2.17. The maximum atomic E-state index is 10.8. The molecule has 0 aliphatic carbocycles. The molecule has 0 spiro atoms. The Balaban J connectivity index is 1.58. The van der Waals surface area contributed by atoms with Crippen LogP contribution in [0.3, 0.4) is 0 Å². The minimum Gasteiger partial charge on any atom is -0.353 e. The predicted octanol–water partition coefficient (Wildman–Crippen LogP) is 1.71. The van der Waals surface area contributed by atoms with E-state index in [2.05, 4.69) is 19.8 Å². The van der Waals surface area contributed by atoms with Crippen molar-refractivity contribution in [1.29, 1.82) is 0 Å². The van der Waals surface area contributed by atoms with Gasteiger partial charge in [0.15, 0.2) is 0 Å². The Hall–Kier alpha value is -2.54. The normalized spacial score (nSPS) is 15.7. The first kappa shape index (κ1) is 14.4. The first-order valence-corrected chi connectivity index (χ1v) is 7.19. The standard InChI is InChI=1S/C15H17N5O2/c21-20(22)14-3-1-2-13(10-14)12-18-6-8-19(9-7-18)15-11-16-4-5-17-15/h1-5,10-11H,6-9,12H2. The van der Waals surface area contributed by atoms with Gasteiger partial charge in [-0.3, -0.25) is 20.0 Å². The molecule has 1 aromatic heterocycles. The summed E-state index contributed by atoms with van der Waals surface area (Å²) < 4.78 is 0. The lowest BCUT2D eigenvalue weighted by Gasteiger charge is -2.35. The Morgan fingerprint density at radius 1 is 1.18 bits per heavy atom. The van der Waals surface area contributed by atoms with Crippen LogP contribution in [0.25, 0.3) is 0 Å². The van der Waals surface area contributed by atoms with E-state index in [1.807, 2.05) is 6.07 Å².